The van der Waals surface area contributed by atoms with Gasteiger partial charge in [0.2, 0.25) is 0 Å². The van der Waals surface area contributed by atoms with E-state index in [0.717, 1.165) is 24.5 Å². The Bertz CT molecular complexity index is 691. The maximum Gasteiger partial charge on any atom is 0.287 e. The van der Waals surface area contributed by atoms with Gasteiger partial charge in [0.1, 0.15) is 5.82 Å². The lowest BCUT2D eigenvalue weighted by Crippen LogP contribution is -2.45. The Morgan fingerprint density at radius 1 is 1.29 bits per heavy atom. The van der Waals surface area contributed by atoms with Crippen molar-refractivity contribution >= 4 is 23.3 Å². The molecule has 0 unspecified atom stereocenters. The van der Waals surface area contributed by atoms with Crippen molar-refractivity contribution in [1.82, 2.24) is 10.3 Å². The van der Waals surface area contributed by atoms with Crippen LogP contribution in [-0.4, -0.2) is 36.2 Å². The van der Waals surface area contributed by atoms with E-state index in [9.17, 15) is 4.79 Å². The molecule has 0 saturated carbocycles. The van der Waals surface area contributed by atoms with Crippen LogP contribution in [0, 0.1) is 0 Å². The van der Waals surface area contributed by atoms with Crippen molar-refractivity contribution in [1.29, 1.82) is 0 Å². The highest BCUT2D eigenvalue weighted by Gasteiger charge is 2.23. The molecule has 0 aliphatic carbocycles. The fourth-order valence-corrected chi connectivity index (χ4v) is 2.93. The molecule has 1 aliphatic rings. The van der Waals surface area contributed by atoms with Crippen molar-refractivity contribution in [3.8, 4) is 0 Å². The molecule has 1 aliphatic heterocycles. The van der Waals surface area contributed by atoms with E-state index >= 15 is 0 Å². The Hall–Kier alpha value is -2.05. The second-order valence-electron chi connectivity index (χ2n) is 5.97. The molecule has 2 atom stereocenters. The second-order valence-corrected chi connectivity index (χ2v) is 6.35. The molecule has 2 aromatic rings. The molecule has 1 saturated heterocycles. The van der Waals surface area contributed by atoms with Crippen LogP contribution in [0.15, 0.2) is 34.9 Å². The lowest BCUT2D eigenvalue weighted by Gasteiger charge is -2.36. The first-order chi connectivity index (χ1) is 11.5. The van der Waals surface area contributed by atoms with E-state index in [-0.39, 0.29) is 29.1 Å². The number of anilines is 1. The summed E-state index contributed by atoms with van der Waals surface area (Å²) >= 11 is 5.66. The number of amides is 1. The zero-order valence-corrected chi connectivity index (χ0v) is 14.4. The van der Waals surface area contributed by atoms with Crippen LogP contribution in [0.2, 0.25) is 5.22 Å². The zero-order valence-electron chi connectivity index (χ0n) is 13.7. The Morgan fingerprint density at radius 2 is 2.04 bits per heavy atom. The van der Waals surface area contributed by atoms with Crippen LogP contribution in [0.3, 0.4) is 0 Å². The van der Waals surface area contributed by atoms with Crippen LogP contribution in [0.1, 0.15) is 30.0 Å². The molecule has 6 nitrogen and oxygen atoms in total. The largest absolute Gasteiger partial charge is 0.440 e. The Kier molecular flexibility index (Phi) is 5.06. The molecular formula is C17H20ClN3O3. The summed E-state index contributed by atoms with van der Waals surface area (Å²) in [5.74, 6) is 0.813. The molecule has 2 aromatic heterocycles. The highest BCUT2D eigenvalue weighted by Crippen LogP contribution is 2.18. The van der Waals surface area contributed by atoms with Gasteiger partial charge in [0.05, 0.1) is 12.2 Å². The zero-order chi connectivity index (χ0) is 17.1. The molecule has 24 heavy (non-hydrogen) atoms. The van der Waals surface area contributed by atoms with Crippen molar-refractivity contribution < 1.29 is 13.9 Å². The van der Waals surface area contributed by atoms with Crippen LogP contribution in [0.25, 0.3) is 0 Å². The van der Waals surface area contributed by atoms with Gasteiger partial charge < -0.3 is 19.4 Å². The third kappa shape index (κ3) is 4.07. The van der Waals surface area contributed by atoms with Crippen LogP contribution in [0.5, 0.6) is 0 Å². The van der Waals surface area contributed by atoms with Gasteiger partial charge >= 0.3 is 0 Å². The van der Waals surface area contributed by atoms with Crippen LogP contribution >= 0.6 is 11.6 Å². The molecule has 0 radical (unpaired) electrons. The third-order valence-electron chi connectivity index (χ3n) is 3.80. The van der Waals surface area contributed by atoms with Crippen molar-refractivity contribution in [2.45, 2.75) is 32.6 Å². The normalized spacial score (nSPS) is 20.9. The van der Waals surface area contributed by atoms with E-state index in [1.54, 1.807) is 12.3 Å². The number of nitrogens with zero attached hydrogens (tertiary/aromatic N) is 2. The van der Waals surface area contributed by atoms with Crippen LogP contribution < -0.4 is 10.2 Å². The van der Waals surface area contributed by atoms with Gasteiger partial charge in [-0.1, -0.05) is 6.07 Å². The lowest BCUT2D eigenvalue weighted by atomic mass is 10.2. The van der Waals surface area contributed by atoms with Gasteiger partial charge in [-0.25, -0.2) is 4.98 Å². The van der Waals surface area contributed by atoms with E-state index < -0.39 is 0 Å². The lowest BCUT2D eigenvalue weighted by molar-refractivity contribution is -0.00546. The molecule has 0 aromatic carbocycles. The molecule has 7 heteroatoms. The van der Waals surface area contributed by atoms with Crippen molar-refractivity contribution in [3.05, 3.63) is 47.0 Å². The minimum Gasteiger partial charge on any atom is -0.440 e. The summed E-state index contributed by atoms with van der Waals surface area (Å²) in [5, 5.41) is 2.97. The maximum absolute atomic E-state index is 11.9. The molecule has 1 amide bonds. The predicted octanol–water partition coefficient (Wildman–Crippen LogP) is 2.87. The number of carbonyl (C=O) groups is 1. The summed E-state index contributed by atoms with van der Waals surface area (Å²) < 4.78 is 10.8. The van der Waals surface area contributed by atoms with E-state index in [1.807, 2.05) is 12.1 Å². The maximum atomic E-state index is 11.9. The molecule has 3 rings (SSSR count). The topological polar surface area (TPSA) is 67.6 Å². The molecule has 0 spiro atoms. The summed E-state index contributed by atoms with van der Waals surface area (Å²) in [6, 6.07) is 7.01. The number of ether oxygens (including phenoxy) is 1. The number of rotatable bonds is 4. The number of hydrogen-bond acceptors (Lipinski definition) is 5. The standard InChI is InChI=1S/C17H20ClN3O3/c1-11-9-21(10-12(2)23-11)16-6-3-13(7-19-16)8-20-17(22)14-4-5-15(18)24-14/h3-7,11-12H,8-10H2,1-2H3,(H,20,22)/t11-,12-/m0/s1. The van der Waals surface area contributed by atoms with E-state index in [0.29, 0.717) is 6.54 Å². The minimum absolute atomic E-state index is 0.189. The van der Waals surface area contributed by atoms with Gasteiger partial charge in [-0.3, -0.25) is 4.79 Å². The number of nitrogens with one attached hydrogen (secondary N) is 1. The Balaban J connectivity index is 1.57. The SMILES string of the molecule is C[C@H]1CN(c2ccc(CNC(=O)c3ccc(Cl)o3)cn2)C[C@H](C)O1. The number of aromatic nitrogens is 1. The summed E-state index contributed by atoms with van der Waals surface area (Å²) in [7, 11) is 0. The van der Waals surface area contributed by atoms with Gasteiger partial charge in [-0.15, -0.1) is 0 Å². The fraction of sp³-hybridized carbons (Fsp3) is 0.412. The van der Waals surface area contributed by atoms with E-state index in [1.165, 1.54) is 6.07 Å². The average molecular weight is 350 g/mol. The number of halogens is 1. The summed E-state index contributed by atoms with van der Waals surface area (Å²) in [4.78, 5) is 18.6. The molecule has 3 heterocycles. The van der Waals surface area contributed by atoms with Gasteiger partial charge in [0, 0.05) is 25.8 Å². The average Bonchev–Trinajstić information content (AvgIpc) is 2.99. The smallest absolute Gasteiger partial charge is 0.287 e. The molecule has 1 N–H and O–H groups in total. The summed E-state index contributed by atoms with van der Waals surface area (Å²) in [6.45, 7) is 6.15. The van der Waals surface area contributed by atoms with Crippen molar-refractivity contribution in [3.63, 3.8) is 0 Å². The molecule has 0 bridgehead atoms. The monoisotopic (exact) mass is 349 g/mol. The number of furan rings is 1. The predicted molar refractivity (Wildman–Crippen MR) is 91.3 cm³/mol. The highest BCUT2D eigenvalue weighted by molar-refractivity contribution is 6.29. The first kappa shape index (κ1) is 16.8. The van der Waals surface area contributed by atoms with Gasteiger partial charge in [0.25, 0.3) is 5.91 Å². The van der Waals surface area contributed by atoms with E-state index in [4.69, 9.17) is 20.8 Å². The van der Waals surface area contributed by atoms with Gasteiger partial charge in [-0.05, 0) is 49.2 Å². The van der Waals surface area contributed by atoms with Crippen molar-refractivity contribution in [2.24, 2.45) is 0 Å². The quantitative estimate of drug-likeness (QED) is 0.919. The second kappa shape index (κ2) is 7.23. The molecule has 128 valence electrons. The van der Waals surface area contributed by atoms with Crippen molar-refractivity contribution in [2.75, 3.05) is 18.0 Å². The third-order valence-corrected chi connectivity index (χ3v) is 4.01. The first-order valence-corrected chi connectivity index (χ1v) is 8.28. The molecule has 1 fully saturated rings. The minimum atomic E-state index is -0.304. The highest BCUT2D eigenvalue weighted by atomic mass is 35.5. The van der Waals surface area contributed by atoms with Gasteiger partial charge in [-0.2, -0.15) is 0 Å². The first-order valence-electron chi connectivity index (χ1n) is 7.90. The fourth-order valence-electron chi connectivity index (χ4n) is 2.78. The number of hydrogen-bond donors (Lipinski definition) is 1. The Labute approximate surface area is 145 Å². The molecular weight excluding hydrogens is 330 g/mol. The van der Waals surface area contributed by atoms with Crippen LogP contribution in [0.4, 0.5) is 5.82 Å². The summed E-state index contributed by atoms with van der Waals surface area (Å²) in [5.41, 5.74) is 0.916. The Morgan fingerprint density at radius 3 is 2.62 bits per heavy atom. The number of pyridine rings is 1. The van der Waals surface area contributed by atoms with Gasteiger partial charge in [0.15, 0.2) is 11.0 Å². The summed E-state index contributed by atoms with van der Waals surface area (Å²) in [6.07, 6.45) is 2.15. The number of morpholine rings is 1. The van der Waals surface area contributed by atoms with E-state index in [2.05, 4.69) is 29.0 Å². The number of carbonyl (C=O) groups excluding carboxylic acids is 1. The van der Waals surface area contributed by atoms with Crippen LogP contribution in [-0.2, 0) is 11.3 Å².